The fourth-order valence-corrected chi connectivity index (χ4v) is 3.08. The topological polar surface area (TPSA) is 44.4 Å². The molecule has 6 heteroatoms. The Kier molecular flexibility index (Phi) is 3.72. The number of methoxy groups -OCH3 is 1. The standard InChI is InChI=1S/C18H19FN4O/c1-24-15-6-7-16-17(12-15)21-18(20-16)23-10-8-22(9-11-23)14-4-2-13(19)3-5-14/h2-7,12H,8-11H2,1H3,(H,20,21). The maximum Gasteiger partial charge on any atom is 0.203 e. The highest BCUT2D eigenvalue weighted by Gasteiger charge is 2.20. The fourth-order valence-electron chi connectivity index (χ4n) is 3.08. The van der Waals surface area contributed by atoms with Gasteiger partial charge < -0.3 is 19.5 Å². The Bertz CT molecular complexity index is 838. The number of nitrogens with zero attached hydrogens (tertiary/aromatic N) is 3. The monoisotopic (exact) mass is 326 g/mol. The van der Waals surface area contributed by atoms with Gasteiger partial charge in [0.05, 0.1) is 18.1 Å². The van der Waals surface area contributed by atoms with E-state index in [0.717, 1.165) is 54.6 Å². The Morgan fingerprint density at radius 3 is 2.42 bits per heavy atom. The van der Waals surface area contributed by atoms with Crippen LogP contribution in [0, 0.1) is 5.82 Å². The molecule has 1 fully saturated rings. The summed E-state index contributed by atoms with van der Waals surface area (Å²) in [6.07, 6.45) is 0. The van der Waals surface area contributed by atoms with Crippen LogP contribution in [0.4, 0.5) is 16.0 Å². The van der Waals surface area contributed by atoms with Gasteiger partial charge in [-0.15, -0.1) is 0 Å². The smallest absolute Gasteiger partial charge is 0.203 e. The number of aromatic amines is 1. The first-order valence-electron chi connectivity index (χ1n) is 8.02. The molecule has 0 aliphatic carbocycles. The maximum absolute atomic E-state index is 13.0. The average molecular weight is 326 g/mol. The molecule has 1 aliphatic heterocycles. The molecule has 0 bridgehead atoms. The number of halogens is 1. The fraction of sp³-hybridized carbons (Fsp3) is 0.278. The van der Waals surface area contributed by atoms with E-state index in [-0.39, 0.29) is 5.82 Å². The van der Waals surface area contributed by atoms with E-state index in [0.29, 0.717) is 0 Å². The molecule has 1 saturated heterocycles. The number of piperazine rings is 1. The summed E-state index contributed by atoms with van der Waals surface area (Å²) in [6, 6.07) is 12.5. The van der Waals surface area contributed by atoms with Gasteiger partial charge in [0.15, 0.2) is 0 Å². The van der Waals surface area contributed by atoms with E-state index < -0.39 is 0 Å². The number of ether oxygens (including phenoxy) is 1. The highest BCUT2D eigenvalue weighted by Crippen LogP contribution is 2.24. The summed E-state index contributed by atoms with van der Waals surface area (Å²) in [5.74, 6) is 1.51. The van der Waals surface area contributed by atoms with Crippen LogP contribution < -0.4 is 14.5 Å². The van der Waals surface area contributed by atoms with Crippen molar-refractivity contribution in [3.05, 3.63) is 48.3 Å². The van der Waals surface area contributed by atoms with E-state index in [1.165, 1.54) is 12.1 Å². The predicted molar refractivity (Wildman–Crippen MR) is 93.5 cm³/mol. The Hall–Kier alpha value is -2.76. The van der Waals surface area contributed by atoms with Crippen molar-refractivity contribution in [2.75, 3.05) is 43.1 Å². The lowest BCUT2D eigenvalue weighted by Gasteiger charge is -2.36. The number of anilines is 2. The normalized spacial score (nSPS) is 15.1. The van der Waals surface area contributed by atoms with Crippen molar-refractivity contribution in [3.8, 4) is 5.75 Å². The molecule has 1 N–H and O–H groups in total. The molecule has 2 aromatic carbocycles. The molecular formula is C18H19FN4O. The van der Waals surface area contributed by atoms with Gasteiger partial charge in [-0.2, -0.15) is 0 Å². The van der Waals surface area contributed by atoms with Crippen LogP contribution in [0.15, 0.2) is 42.5 Å². The zero-order valence-electron chi connectivity index (χ0n) is 13.5. The number of aromatic nitrogens is 2. The largest absolute Gasteiger partial charge is 0.497 e. The molecule has 0 amide bonds. The van der Waals surface area contributed by atoms with Crippen LogP contribution in [0.2, 0.25) is 0 Å². The lowest BCUT2D eigenvalue weighted by atomic mass is 10.2. The summed E-state index contributed by atoms with van der Waals surface area (Å²) in [4.78, 5) is 12.5. The first-order valence-corrected chi connectivity index (χ1v) is 8.02. The van der Waals surface area contributed by atoms with E-state index in [9.17, 15) is 4.39 Å². The van der Waals surface area contributed by atoms with E-state index in [4.69, 9.17) is 4.74 Å². The van der Waals surface area contributed by atoms with Crippen LogP contribution in [0.3, 0.4) is 0 Å². The first-order chi connectivity index (χ1) is 11.7. The summed E-state index contributed by atoms with van der Waals surface area (Å²) in [5.41, 5.74) is 2.97. The zero-order valence-corrected chi connectivity index (χ0v) is 13.5. The molecule has 2 heterocycles. The Balaban J connectivity index is 1.48. The van der Waals surface area contributed by atoms with Crippen LogP contribution in [0.1, 0.15) is 0 Å². The average Bonchev–Trinajstić information content (AvgIpc) is 3.05. The molecule has 1 aromatic heterocycles. The minimum atomic E-state index is -0.199. The molecule has 124 valence electrons. The van der Waals surface area contributed by atoms with Gasteiger partial charge in [-0.1, -0.05) is 0 Å². The Morgan fingerprint density at radius 1 is 1.00 bits per heavy atom. The molecule has 0 saturated carbocycles. The van der Waals surface area contributed by atoms with Gasteiger partial charge >= 0.3 is 0 Å². The van der Waals surface area contributed by atoms with Crippen molar-refractivity contribution in [2.45, 2.75) is 0 Å². The number of nitrogens with one attached hydrogen (secondary N) is 1. The molecular weight excluding hydrogens is 307 g/mol. The van der Waals surface area contributed by atoms with Gasteiger partial charge in [-0.3, -0.25) is 0 Å². The second-order valence-corrected chi connectivity index (χ2v) is 5.89. The number of hydrogen-bond acceptors (Lipinski definition) is 4. The van der Waals surface area contributed by atoms with Crippen molar-refractivity contribution >= 4 is 22.7 Å². The summed E-state index contributed by atoms with van der Waals surface area (Å²) >= 11 is 0. The Morgan fingerprint density at radius 2 is 1.71 bits per heavy atom. The second kappa shape index (κ2) is 6.03. The minimum Gasteiger partial charge on any atom is -0.497 e. The minimum absolute atomic E-state index is 0.199. The molecule has 4 rings (SSSR count). The van der Waals surface area contributed by atoms with E-state index in [1.54, 1.807) is 7.11 Å². The highest BCUT2D eigenvalue weighted by atomic mass is 19.1. The molecule has 0 atom stereocenters. The van der Waals surface area contributed by atoms with Crippen LogP contribution in [-0.4, -0.2) is 43.3 Å². The van der Waals surface area contributed by atoms with Crippen LogP contribution in [-0.2, 0) is 0 Å². The van der Waals surface area contributed by atoms with E-state index in [1.807, 2.05) is 30.3 Å². The third-order valence-corrected chi connectivity index (χ3v) is 4.45. The lowest BCUT2D eigenvalue weighted by Crippen LogP contribution is -2.46. The molecule has 5 nitrogen and oxygen atoms in total. The van der Waals surface area contributed by atoms with Gasteiger partial charge in [0.25, 0.3) is 0 Å². The predicted octanol–water partition coefficient (Wildman–Crippen LogP) is 3.04. The summed E-state index contributed by atoms with van der Waals surface area (Å²) in [5, 5.41) is 0. The highest BCUT2D eigenvalue weighted by molar-refractivity contribution is 5.79. The van der Waals surface area contributed by atoms with Crippen LogP contribution in [0.5, 0.6) is 5.75 Å². The van der Waals surface area contributed by atoms with Gasteiger partial charge in [-0.25, -0.2) is 9.37 Å². The molecule has 0 unspecified atom stereocenters. The van der Waals surface area contributed by atoms with Gasteiger partial charge in [0, 0.05) is 37.9 Å². The quantitative estimate of drug-likeness (QED) is 0.803. The molecule has 1 aliphatic rings. The van der Waals surface area contributed by atoms with Gasteiger partial charge in [-0.05, 0) is 36.4 Å². The van der Waals surface area contributed by atoms with Crippen molar-refractivity contribution < 1.29 is 9.13 Å². The SMILES string of the molecule is COc1ccc2nc(N3CCN(c4ccc(F)cc4)CC3)[nH]c2c1. The lowest BCUT2D eigenvalue weighted by molar-refractivity contribution is 0.415. The number of hydrogen-bond donors (Lipinski definition) is 1. The van der Waals surface area contributed by atoms with Crippen LogP contribution >= 0.6 is 0 Å². The zero-order chi connectivity index (χ0) is 16.5. The van der Waals surface area contributed by atoms with Crippen molar-refractivity contribution in [1.82, 2.24) is 9.97 Å². The second-order valence-electron chi connectivity index (χ2n) is 5.89. The Labute approximate surface area is 139 Å². The third kappa shape index (κ3) is 2.75. The first kappa shape index (κ1) is 14.8. The maximum atomic E-state index is 13.0. The van der Waals surface area contributed by atoms with Crippen LogP contribution in [0.25, 0.3) is 11.0 Å². The number of fused-ring (bicyclic) bond motifs is 1. The third-order valence-electron chi connectivity index (χ3n) is 4.45. The van der Waals surface area contributed by atoms with Crippen molar-refractivity contribution in [2.24, 2.45) is 0 Å². The number of rotatable bonds is 3. The van der Waals surface area contributed by atoms with Gasteiger partial charge in [0.2, 0.25) is 5.95 Å². The summed E-state index contributed by atoms with van der Waals surface area (Å²) in [6.45, 7) is 3.50. The number of benzene rings is 2. The molecule has 3 aromatic rings. The van der Waals surface area contributed by atoms with Gasteiger partial charge in [0.1, 0.15) is 11.6 Å². The van der Waals surface area contributed by atoms with E-state index in [2.05, 4.69) is 19.8 Å². The molecule has 0 spiro atoms. The van der Waals surface area contributed by atoms with E-state index >= 15 is 0 Å². The van der Waals surface area contributed by atoms with Crippen molar-refractivity contribution in [3.63, 3.8) is 0 Å². The number of imidazole rings is 1. The molecule has 0 radical (unpaired) electrons. The molecule has 24 heavy (non-hydrogen) atoms. The number of H-pyrrole nitrogens is 1. The summed E-state index contributed by atoms with van der Waals surface area (Å²) in [7, 11) is 1.66. The van der Waals surface area contributed by atoms with Crippen molar-refractivity contribution in [1.29, 1.82) is 0 Å². The summed E-state index contributed by atoms with van der Waals surface area (Å²) < 4.78 is 18.3.